The van der Waals surface area contributed by atoms with Gasteiger partial charge in [0, 0.05) is 12.5 Å². The van der Waals surface area contributed by atoms with Gasteiger partial charge in [-0.1, -0.05) is 37.3 Å². The number of thioether (sulfide) groups is 1. The fourth-order valence-electron chi connectivity index (χ4n) is 2.62. The van der Waals surface area contributed by atoms with Gasteiger partial charge in [-0.25, -0.2) is 4.39 Å². The molecule has 126 valence electrons. The van der Waals surface area contributed by atoms with E-state index in [0.29, 0.717) is 17.0 Å². The summed E-state index contributed by atoms with van der Waals surface area (Å²) in [7, 11) is 0. The van der Waals surface area contributed by atoms with E-state index in [1.54, 1.807) is 13.8 Å². The Morgan fingerprint density at radius 2 is 1.83 bits per heavy atom. The molecule has 2 unspecified atom stereocenters. The van der Waals surface area contributed by atoms with Gasteiger partial charge >= 0.3 is 6.18 Å². The molecular weight excluding hydrogens is 326 g/mol. The lowest BCUT2D eigenvalue weighted by Crippen LogP contribution is -2.37. The van der Waals surface area contributed by atoms with Gasteiger partial charge < -0.3 is 5.32 Å². The summed E-state index contributed by atoms with van der Waals surface area (Å²) in [6, 6.07) is 8.91. The molecule has 0 spiro atoms. The Balaban J connectivity index is 2.06. The molecule has 23 heavy (non-hydrogen) atoms. The highest BCUT2D eigenvalue weighted by atomic mass is 32.2. The predicted octanol–water partition coefficient (Wildman–Crippen LogP) is 5.22. The van der Waals surface area contributed by atoms with Crippen molar-refractivity contribution in [2.75, 3.05) is 5.75 Å². The normalized spacial score (nSPS) is 22.3. The first-order valence-corrected chi connectivity index (χ1v) is 8.31. The van der Waals surface area contributed by atoms with Gasteiger partial charge in [0.25, 0.3) is 0 Å². The number of hydrogen-bond acceptors (Lipinski definition) is 2. The van der Waals surface area contributed by atoms with Crippen molar-refractivity contribution in [2.24, 2.45) is 5.92 Å². The number of nitrogens with one attached hydrogen (secondary N) is 1. The SMILES string of the molecule is CC1=C(SCC(F)(F)F)C(C)C(NCc2ccccc2)C(F)=C1. The van der Waals surface area contributed by atoms with E-state index >= 15 is 0 Å². The quantitative estimate of drug-likeness (QED) is 0.735. The molecule has 6 heteroatoms. The first kappa shape index (κ1) is 18.1. The Morgan fingerprint density at radius 3 is 2.43 bits per heavy atom. The van der Waals surface area contributed by atoms with Crippen LogP contribution in [-0.4, -0.2) is 18.0 Å². The molecule has 1 aliphatic carbocycles. The highest BCUT2D eigenvalue weighted by molar-refractivity contribution is 8.03. The van der Waals surface area contributed by atoms with Gasteiger partial charge in [-0.2, -0.15) is 13.2 Å². The van der Waals surface area contributed by atoms with Gasteiger partial charge in [0.2, 0.25) is 0 Å². The largest absolute Gasteiger partial charge is 0.398 e. The lowest BCUT2D eigenvalue weighted by atomic mass is 9.92. The predicted molar refractivity (Wildman–Crippen MR) is 86.6 cm³/mol. The number of rotatable bonds is 5. The Kier molecular flexibility index (Phi) is 5.92. The summed E-state index contributed by atoms with van der Waals surface area (Å²) in [6.07, 6.45) is -2.90. The van der Waals surface area contributed by atoms with E-state index in [2.05, 4.69) is 5.32 Å². The van der Waals surface area contributed by atoms with Gasteiger partial charge in [0.15, 0.2) is 0 Å². The van der Waals surface area contributed by atoms with Gasteiger partial charge in [0.1, 0.15) is 5.83 Å². The summed E-state index contributed by atoms with van der Waals surface area (Å²) in [5.74, 6) is -1.62. The molecule has 0 aromatic heterocycles. The van der Waals surface area contributed by atoms with Crippen LogP contribution >= 0.6 is 11.8 Å². The van der Waals surface area contributed by atoms with Crippen molar-refractivity contribution in [1.29, 1.82) is 0 Å². The minimum atomic E-state index is -4.23. The molecule has 0 amide bonds. The molecule has 1 nitrogen and oxygen atoms in total. The van der Waals surface area contributed by atoms with Crippen molar-refractivity contribution in [2.45, 2.75) is 32.6 Å². The molecule has 1 aromatic carbocycles. The maximum Gasteiger partial charge on any atom is 0.398 e. The summed E-state index contributed by atoms with van der Waals surface area (Å²) in [4.78, 5) is 0.592. The second-order valence-electron chi connectivity index (χ2n) is 5.61. The summed E-state index contributed by atoms with van der Waals surface area (Å²) < 4.78 is 51.6. The molecule has 2 rings (SSSR count). The van der Waals surface area contributed by atoms with Crippen LogP contribution in [0.2, 0.25) is 0 Å². The van der Waals surface area contributed by atoms with Crippen molar-refractivity contribution >= 4 is 11.8 Å². The molecule has 1 N–H and O–H groups in total. The number of benzene rings is 1. The van der Waals surface area contributed by atoms with Gasteiger partial charge in [0.05, 0.1) is 11.8 Å². The van der Waals surface area contributed by atoms with Crippen LogP contribution in [0.4, 0.5) is 17.6 Å². The third-order valence-corrected chi connectivity index (χ3v) is 5.19. The van der Waals surface area contributed by atoms with Crippen molar-refractivity contribution in [3.8, 4) is 0 Å². The molecular formula is C17H19F4NS. The van der Waals surface area contributed by atoms with Crippen molar-refractivity contribution < 1.29 is 17.6 Å². The summed E-state index contributed by atoms with van der Waals surface area (Å²) in [5, 5.41) is 3.11. The Morgan fingerprint density at radius 1 is 1.17 bits per heavy atom. The molecule has 1 aliphatic rings. The van der Waals surface area contributed by atoms with Crippen LogP contribution in [-0.2, 0) is 6.54 Å². The first-order valence-electron chi connectivity index (χ1n) is 7.32. The second kappa shape index (κ2) is 7.53. The molecule has 2 atom stereocenters. The summed E-state index contributed by atoms with van der Waals surface area (Å²) in [5.41, 5.74) is 1.57. The summed E-state index contributed by atoms with van der Waals surface area (Å²) >= 11 is 0.751. The molecule has 0 saturated heterocycles. The third kappa shape index (κ3) is 5.11. The maximum absolute atomic E-state index is 14.2. The van der Waals surface area contributed by atoms with Crippen LogP contribution in [0.25, 0.3) is 0 Å². The second-order valence-corrected chi connectivity index (χ2v) is 6.63. The van der Waals surface area contributed by atoms with Gasteiger partial charge in [-0.05, 0) is 29.0 Å². The number of alkyl halides is 3. The van der Waals surface area contributed by atoms with Crippen LogP contribution < -0.4 is 5.32 Å². The van der Waals surface area contributed by atoms with Crippen molar-refractivity contribution in [1.82, 2.24) is 5.32 Å². The van der Waals surface area contributed by atoms with E-state index in [9.17, 15) is 17.6 Å². The highest BCUT2D eigenvalue weighted by Crippen LogP contribution is 2.39. The van der Waals surface area contributed by atoms with Crippen molar-refractivity contribution in [3.63, 3.8) is 0 Å². The third-order valence-electron chi connectivity index (χ3n) is 3.71. The minimum Gasteiger partial charge on any atom is -0.303 e. The zero-order valence-electron chi connectivity index (χ0n) is 13.0. The topological polar surface area (TPSA) is 12.0 Å². The smallest absolute Gasteiger partial charge is 0.303 e. The van der Waals surface area contributed by atoms with Crippen LogP contribution in [0.15, 0.2) is 52.7 Å². The van der Waals surface area contributed by atoms with E-state index in [1.807, 2.05) is 30.3 Å². The highest BCUT2D eigenvalue weighted by Gasteiger charge is 2.33. The lowest BCUT2D eigenvalue weighted by molar-refractivity contribution is -0.105. The molecule has 0 radical (unpaired) electrons. The number of hydrogen-bond donors (Lipinski definition) is 1. The first-order chi connectivity index (χ1) is 10.8. The zero-order chi connectivity index (χ0) is 17.0. The standard InChI is InChI=1S/C17H19F4NS/c1-11-8-14(18)15(22-9-13-6-4-3-5-7-13)12(2)16(11)23-10-17(19,20)21/h3-8,12,15,22H,9-10H2,1-2H3. The van der Waals surface area contributed by atoms with Crippen LogP contribution in [0.1, 0.15) is 19.4 Å². The summed E-state index contributed by atoms with van der Waals surface area (Å²) in [6.45, 7) is 3.88. The molecule has 0 fully saturated rings. The van der Waals surface area contributed by atoms with E-state index < -0.39 is 18.0 Å². The number of halogens is 4. The van der Waals surface area contributed by atoms with Crippen molar-refractivity contribution in [3.05, 3.63) is 58.3 Å². The fraction of sp³-hybridized carbons (Fsp3) is 0.412. The van der Waals surface area contributed by atoms with Crippen LogP contribution in [0.3, 0.4) is 0 Å². The molecule has 0 bridgehead atoms. The van der Waals surface area contributed by atoms with E-state index in [-0.39, 0.29) is 11.7 Å². The zero-order valence-corrected chi connectivity index (χ0v) is 13.8. The Bertz CT molecular complexity index is 592. The molecule has 0 aliphatic heterocycles. The molecule has 0 saturated carbocycles. The average molecular weight is 345 g/mol. The molecule has 0 heterocycles. The Labute approximate surface area is 137 Å². The Hall–Kier alpha value is -1.27. The van der Waals surface area contributed by atoms with E-state index in [4.69, 9.17) is 0 Å². The maximum atomic E-state index is 14.2. The average Bonchev–Trinajstić information content (AvgIpc) is 2.46. The monoisotopic (exact) mass is 345 g/mol. The van der Waals surface area contributed by atoms with E-state index in [1.165, 1.54) is 6.08 Å². The van der Waals surface area contributed by atoms with Crippen LogP contribution in [0, 0.1) is 5.92 Å². The lowest BCUT2D eigenvalue weighted by Gasteiger charge is -2.30. The van der Waals surface area contributed by atoms with E-state index in [0.717, 1.165) is 17.3 Å². The minimum absolute atomic E-state index is 0.331. The number of allylic oxidation sites excluding steroid dienone is 2. The van der Waals surface area contributed by atoms with Gasteiger partial charge in [-0.15, -0.1) is 11.8 Å². The van der Waals surface area contributed by atoms with Gasteiger partial charge in [-0.3, -0.25) is 0 Å². The fourth-order valence-corrected chi connectivity index (χ4v) is 3.62. The van der Waals surface area contributed by atoms with Crippen LogP contribution in [0.5, 0.6) is 0 Å². The molecule has 1 aromatic rings.